The molecule has 0 saturated carbocycles. The van der Waals surface area contributed by atoms with Gasteiger partial charge in [0.2, 0.25) is 5.91 Å². The van der Waals surface area contributed by atoms with Crippen molar-refractivity contribution in [3.63, 3.8) is 0 Å². The molecule has 1 fully saturated rings. The van der Waals surface area contributed by atoms with Gasteiger partial charge in [0, 0.05) is 18.0 Å². The Balaban J connectivity index is 1.75. The third-order valence-electron chi connectivity index (χ3n) is 5.11. The summed E-state index contributed by atoms with van der Waals surface area (Å²) in [6.45, 7) is 10.2. The molecule has 150 valence electrons. The van der Waals surface area contributed by atoms with Crippen molar-refractivity contribution in [3.8, 4) is 0 Å². The minimum absolute atomic E-state index is 0.0894. The predicted octanol–water partition coefficient (Wildman–Crippen LogP) is 3.10. The van der Waals surface area contributed by atoms with Crippen molar-refractivity contribution in [2.24, 2.45) is 5.92 Å². The number of hydrogen-bond acceptors (Lipinski definition) is 6. The number of carbonyl (C=O) groups excluding carboxylic acids is 2. The van der Waals surface area contributed by atoms with E-state index in [1.54, 1.807) is 6.92 Å². The summed E-state index contributed by atoms with van der Waals surface area (Å²) in [5.74, 6) is 0.188. The van der Waals surface area contributed by atoms with E-state index in [2.05, 4.69) is 17.1 Å². The Hall–Kier alpha value is -1.44. The summed E-state index contributed by atoms with van der Waals surface area (Å²) in [6, 6.07) is 0. The molecule has 1 aromatic rings. The molecular weight excluding hydrogens is 364 g/mol. The molecule has 2 heterocycles. The maximum Gasteiger partial charge on any atom is 0.341 e. The Morgan fingerprint density at radius 3 is 2.63 bits per heavy atom. The van der Waals surface area contributed by atoms with Crippen LogP contribution < -0.4 is 5.32 Å². The Morgan fingerprint density at radius 1 is 1.26 bits per heavy atom. The van der Waals surface area contributed by atoms with Crippen molar-refractivity contribution >= 4 is 28.2 Å². The molecule has 3 rings (SSSR count). The monoisotopic (exact) mass is 394 g/mol. The second-order valence-electron chi connectivity index (χ2n) is 7.78. The fraction of sp³-hybridized carbons (Fsp3) is 0.700. The third-order valence-corrected chi connectivity index (χ3v) is 6.28. The fourth-order valence-corrected chi connectivity index (χ4v) is 5.46. The van der Waals surface area contributed by atoms with Gasteiger partial charge in [-0.25, -0.2) is 4.79 Å². The molecular formula is C20H30N2O4S. The molecule has 1 aliphatic heterocycles. The second kappa shape index (κ2) is 8.71. The quantitative estimate of drug-likeness (QED) is 0.778. The summed E-state index contributed by atoms with van der Waals surface area (Å²) in [5, 5.41) is 3.64. The van der Waals surface area contributed by atoms with Crippen LogP contribution in [-0.2, 0) is 27.1 Å². The van der Waals surface area contributed by atoms with E-state index in [-0.39, 0.29) is 24.1 Å². The second-order valence-corrected chi connectivity index (χ2v) is 8.88. The number of fused-ring (bicyclic) bond motifs is 1. The molecule has 0 bridgehead atoms. The number of amides is 1. The fourth-order valence-electron chi connectivity index (χ4n) is 4.04. The summed E-state index contributed by atoms with van der Waals surface area (Å²) in [7, 11) is 0. The number of carbonyl (C=O) groups is 2. The molecule has 7 heteroatoms. The van der Waals surface area contributed by atoms with Crippen LogP contribution in [0.2, 0.25) is 0 Å². The first-order chi connectivity index (χ1) is 12.9. The van der Waals surface area contributed by atoms with Gasteiger partial charge >= 0.3 is 5.97 Å². The molecule has 2 aliphatic rings. The first-order valence-corrected chi connectivity index (χ1v) is 10.7. The van der Waals surface area contributed by atoms with Gasteiger partial charge in [0.25, 0.3) is 0 Å². The molecule has 0 radical (unpaired) electrons. The zero-order valence-electron chi connectivity index (χ0n) is 16.7. The van der Waals surface area contributed by atoms with Crippen LogP contribution in [0.3, 0.4) is 0 Å². The highest BCUT2D eigenvalue weighted by Crippen LogP contribution is 2.40. The van der Waals surface area contributed by atoms with Crippen LogP contribution in [0.4, 0.5) is 5.00 Å². The van der Waals surface area contributed by atoms with E-state index in [0.717, 1.165) is 37.9 Å². The standard InChI is InChI=1S/C20H30N2O4S/c1-5-25-20(24)18-15-7-6-12(2)8-16(15)27-19(18)21-17(23)11-22-9-13(3)26-14(4)10-22/h12-14H,5-11H2,1-4H3,(H,21,23)/t12-,13-,14-/m0/s1. The molecule has 0 aromatic carbocycles. The van der Waals surface area contributed by atoms with Crippen LogP contribution in [0.1, 0.15) is 54.9 Å². The minimum atomic E-state index is -0.325. The first kappa shape index (κ1) is 20.3. The van der Waals surface area contributed by atoms with E-state index in [0.29, 0.717) is 29.6 Å². The number of morpholine rings is 1. The van der Waals surface area contributed by atoms with Crippen LogP contribution >= 0.6 is 11.3 Å². The van der Waals surface area contributed by atoms with Crippen molar-refractivity contribution in [2.45, 2.75) is 59.2 Å². The van der Waals surface area contributed by atoms with Gasteiger partial charge in [-0.1, -0.05) is 6.92 Å². The Labute approximate surface area is 165 Å². The van der Waals surface area contributed by atoms with E-state index in [1.165, 1.54) is 16.2 Å². The summed E-state index contributed by atoms with van der Waals surface area (Å²) in [5.41, 5.74) is 1.64. The van der Waals surface area contributed by atoms with Gasteiger partial charge in [0.05, 0.1) is 30.9 Å². The summed E-state index contributed by atoms with van der Waals surface area (Å²) >= 11 is 1.54. The van der Waals surface area contributed by atoms with Gasteiger partial charge in [-0.2, -0.15) is 0 Å². The molecule has 27 heavy (non-hydrogen) atoms. The Kier molecular flexibility index (Phi) is 6.55. The molecule has 1 amide bonds. The third kappa shape index (κ3) is 4.89. The van der Waals surface area contributed by atoms with Crippen LogP contribution in [0.15, 0.2) is 0 Å². The number of esters is 1. The number of nitrogens with zero attached hydrogens (tertiary/aromatic N) is 1. The lowest BCUT2D eigenvalue weighted by Crippen LogP contribution is -2.48. The normalized spacial score (nSPS) is 25.7. The average molecular weight is 395 g/mol. The summed E-state index contributed by atoms with van der Waals surface area (Å²) < 4.78 is 11.0. The zero-order valence-corrected chi connectivity index (χ0v) is 17.5. The molecule has 1 aliphatic carbocycles. The van der Waals surface area contributed by atoms with Crippen molar-refractivity contribution in [1.29, 1.82) is 0 Å². The maximum atomic E-state index is 12.7. The smallest absolute Gasteiger partial charge is 0.341 e. The molecule has 0 unspecified atom stereocenters. The lowest BCUT2D eigenvalue weighted by molar-refractivity contribution is -0.121. The molecule has 6 nitrogen and oxygen atoms in total. The van der Waals surface area contributed by atoms with Gasteiger partial charge in [-0.3, -0.25) is 9.69 Å². The molecule has 3 atom stereocenters. The van der Waals surface area contributed by atoms with Crippen LogP contribution in [0.5, 0.6) is 0 Å². The van der Waals surface area contributed by atoms with Crippen LogP contribution in [0.25, 0.3) is 0 Å². The predicted molar refractivity (Wildman–Crippen MR) is 107 cm³/mol. The minimum Gasteiger partial charge on any atom is -0.462 e. The average Bonchev–Trinajstić information content (AvgIpc) is 2.90. The van der Waals surface area contributed by atoms with Gasteiger partial charge in [-0.05, 0) is 51.5 Å². The van der Waals surface area contributed by atoms with E-state index in [4.69, 9.17) is 9.47 Å². The van der Waals surface area contributed by atoms with E-state index in [1.807, 2.05) is 13.8 Å². The summed E-state index contributed by atoms with van der Waals surface area (Å²) in [6.07, 6.45) is 3.13. The van der Waals surface area contributed by atoms with Gasteiger partial charge in [0.1, 0.15) is 5.00 Å². The highest BCUT2D eigenvalue weighted by Gasteiger charge is 2.30. The SMILES string of the molecule is CCOC(=O)c1c(NC(=O)CN2C[C@H](C)O[C@@H](C)C2)sc2c1CC[C@H](C)C2. The van der Waals surface area contributed by atoms with Gasteiger partial charge in [-0.15, -0.1) is 11.3 Å². The number of hydrogen-bond donors (Lipinski definition) is 1. The topological polar surface area (TPSA) is 67.9 Å². The summed E-state index contributed by atoms with van der Waals surface area (Å²) in [4.78, 5) is 28.5. The Bertz CT molecular complexity index is 692. The number of anilines is 1. The Morgan fingerprint density at radius 2 is 1.96 bits per heavy atom. The number of ether oxygens (including phenoxy) is 2. The van der Waals surface area contributed by atoms with Crippen molar-refractivity contribution in [2.75, 3.05) is 31.6 Å². The van der Waals surface area contributed by atoms with Gasteiger partial charge < -0.3 is 14.8 Å². The first-order valence-electron chi connectivity index (χ1n) is 9.86. The van der Waals surface area contributed by atoms with E-state index < -0.39 is 0 Å². The van der Waals surface area contributed by atoms with Crippen LogP contribution in [0, 0.1) is 5.92 Å². The number of nitrogens with one attached hydrogen (secondary N) is 1. The highest BCUT2D eigenvalue weighted by atomic mass is 32.1. The molecule has 1 aromatic heterocycles. The van der Waals surface area contributed by atoms with E-state index in [9.17, 15) is 9.59 Å². The van der Waals surface area contributed by atoms with Crippen LogP contribution in [-0.4, -0.2) is 55.2 Å². The molecule has 0 spiro atoms. The number of rotatable bonds is 5. The molecule has 1 saturated heterocycles. The zero-order chi connectivity index (χ0) is 19.6. The van der Waals surface area contributed by atoms with E-state index >= 15 is 0 Å². The van der Waals surface area contributed by atoms with Crippen molar-refractivity contribution in [3.05, 3.63) is 16.0 Å². The molecule has 1 N–H and O–H groups in total. The maximum absolute atomic E-state index is 12.7. The van der Waals surface area contributed by atoms with Crippen molar-refractivity contribution in [1.82, 2.24) is 4.90 Å². The number of thiophene rings is 1. The largest absolute Gasteiger partial charge is 0.462 e. The highest BCUT2D eigenvalue weighted by molar-refractivity contribution is 7.17. The lowest BCUT2D eigenvalue weighted by atomic mass is 9.88. The van der Waals surface area contributed by atoms with Crippen molar-refractivity contribution < 1.29 is 19.1 Å². The van der Waals surface area contributed by atoms with Gasteiger partial charge in [0.15, 0.2) is 0 Å². The lowest BCUT2D eigenvalue weighted by Gasteiger charge is -2.34.